The highest BCUT2D eigenvalue weighted by Crippen LogP contribution is 2.37. The zero-order chi connectivity index (χ0) is 25.6. The zero-order valence-electron chi connectivity index (χ0n) is 18.6. The number of hydrogen-bond acceptors (Lipinski definition) is 4. The number of carboxylic acid groups (broad SMARTS) is 1. The molecule has 3 aromatic carbocycles. The van der Waals surface area contributed by atoms with E-state index in [0.717, 1.165) is 18.2 Å². The van der Waals surface area contributed by atoms with Gasteiger partial charge in [-0.05, 0) is 48.0 Å². The van der Waals surface area contributed by atoms with Crippen LogP contribution in [0.1, 0.15) is 24.5 Å². The largest absolute Gasteiger partial charge is 0.479 e. The summed E-state index contributed by atoms with van der Waals surface area (Å²) in [4.78, 5) is 12.6. The molecule has 0 amide bonds. The second kappa shape index (κ2) is 10.7. The second-order valence-electron chi connectivity index (χ2n) is 8.10. The van der Waals surface area contributed by atoms with E-state index < -0.39 is 29.2 Å². The maximum atomic E-state index is 13.1. The molecule has 0 heterocycles. The molecule has 0 fully saturated rings. The Morgan fingerprint density at radius 3 is 2.37 bits per heavy atom. The summed E-state index contributed by atoms with van der Waals surface area (Å²) in [5.74, 6) is -0.928. The molecule has 5 nitrogen and oxygen atoms in total. The number of aliphatic carboxylic acids is 1. The summed E-state index contributed by atoms with van der Waals surface area (Å²) < 4.78 is 45.0. The summed E-state index contributed by atoms with van der Waals surface area (Å²) >= 11 is 6.11. The van der Waals surface area contributed by atoms with Crippen LogP contribution in [0.3, 0.4) is 0 Å². The minimum Gasteiger partial charge on any atom is -0.479 e. The Morgan fingerprint density at radius 1 is 1.09 bits per heavy atom. The SMILES string of the molecule is CC(CC#N)C(Cc1cccc(Oc2ccccc2)c1)(Nc1ccc(C(F)(F)F)cc1Cl)C(=O)O. The summed E-state index contributed by atoms with van der Waals surface area (Å²) in [6, 6.07) is 20.5. The van der Waals surface area contributed by atoms with Gasteiger partial charge in [0.05, 0.1) is 22.3 Å². The molecule has 3 aromatic rings. The van der Waals surface area contributed by atoms with Crippen molar-refractivity contribution in [3.8, 4) is 17.6 Å². The molecular formula is C26H22ClF3N2O3. The lowest BCUT2D eigenvalue weighted by Crippen LogP contribution is -2.53. The van der Waals surface area contributed by atoms with Crippen LogP contribution in [0.2, 0.25) is 5.02 Å². The van der Waals surface area contributed by atoms with Gasteiger partial charge in [-0.2, -0.15) is 18.4 Å². The molecule has 2 atom stereocenters. The van der Waals surface area contributed by atoms with Crippen LogP contribution in [0.25, 0.3) is 0 Å². The van der Waals surface area contributed by atoms with Crippen LogP contribution in [0.15, 0.2) is 72.8 Å². The average Bonchev–Trinajstić information content (AvgIpc) is 2.80. The number of hydrogen-bond donors (Lipinski definition) is 2. The molecule has 0 spiro atoms. The summed E-state index contributed by atoms with van der Waals surface area (Å²) in [7, 11) is 0. The van der Waals surface area contributed by atoms with E-state index in [9.17, 15) is 28.3 Å². The van der Waals surface area contributed by atoms with Crippen molar-refractivity contribution in [3.05, 3.63) is 88.9 Å². The number of nitrogens with one attached hydrogen (secondary N) is 1. The Morgan fingerprint density at radius 2 is 1.77 bits per heavy atom. The van der Waals surface area contributed by atoms with Crippen molar-refractivity contribution in [3.63, 3.8) is 0 Å². The lowest BCUT2D eigenvalue weighted by molar-refractivity contribution is -0.144. The summed E-state index contributed by atoms with van der Waals surface area (Å²) in [6.45, 7) is 1.59. The Hall–Kier alpha value is -3.70. The van der Waals surface area contributed by atoms with E-state index in [-0.39, 0.29) is 23.6 Å². The number of alkyl halides is 3. The zero-order valence-corrected chi connectivity index (χ0v) is 19.4. The minimum absolute atomic E-state index is 0.0172. The Kier molecular flexibility index (Phi) is 7.92. The number of nitriles is 1. The number of ether oxygens (including phenoxy) is 1. The van der Waals surface area contributed by atoms with E-state index in [2.05, 4.69) is 5.32 Å². The van der Waals surface area contributed by atoms with Gasteiger partial charge in [0.2, 0.25) is 0 Å². The molecule has 0 aliphatic rings. The van der Waals surface area contributed by atoms with Crippen LogP contribution in [0.4, 0.5) is 18.9 Å². The molecule has 0 aromatic heterocycles. The highest BCUT2D eigenvalue weighted by atomic mass is 35.5. The van der Waals surface area contributed by atoms with Gasteiger partial charge in [-0.3, -0.25) is 0 Å². The third-order valence-corrected chi connectivity index (χ3v) is 5.95. The van der Waals surface area contributed by atoms with Gasteiger partial charge in [0.15, 0.2) is 0 Å². The number of anilines is 1. The van der Waals surface area contributed by atoms with Crippen molar-refractivity contribution in [2.24, 2.45) is 5.92 Å². The maximum Gasteiger partial charge on any atom is 0.416 e. The van der Waals surface area contributed by atoms with E-state index >= 15 is 0 Å². The molecule has 0 saturated carbocycles. The van der Waals surface area contributed by atoms with Gasteiger partial charge < -0.3 is 15.2 Å². The number of nitrogens with zero attached hydrogens (tertiary/aromatic N) is 1. The van der Waals surface area contributed by atoms with E-state index in [1.54, 1.807) is 43.3 Å². The van der Waals surface area contributed by atoms with E-state index in [1.807, 2.05) is 24.3 Å². The van der Waals surface area contributed by atoms with Crippen LogP contribution in [0, 0.1) is 17.2 Å². The third kappa shape index (κ3) is 6.25. The van der Waals surface area contributed by atoms with Crippen molar-refractivity contribution in [1.29, 1.82) is 5.26 Å². The standard InChI is InChI=1S/C26H22ClF3N2O3/c1-17(12-13-31)25(24(33)34,32-23-11-10-19(15-22(23)27)26(28,29)30)16-18-6-5-9-21(14-18)35-20-7-3-2-4-8-20/h2-11,14-15,17,32H,12,16H2,1H3,(H,33,34). The number of halogens is 4. The van der Waals surface area contributed by atoms with Crippen molar-refractivity contribution < 1.29 is 27.8 Å². The van der Waals surface area contributed by atoms with Crippen molar-refractivity contribution >= 4 is 23.3 Å². The number of para-hydroxylation sites is 1. The van der Waals surface area contributed by atoms with Gasteiger partial charge in [0.25, 0.3) is 0 Å². The fourth-order valence-electron chi connectivity index (χ4n) is 3.69. The first kappa shape index (κ1) is 25.9. The molecule has 9 heteroatoms. The Labute approximate surface area is 205 Å². The lowest BCUT2D eigenvalue weighted by atomic mass is 9.78. The van der Waals surface area contributed by atoms with Crippen LogP contribution in [0.5, 0.6) is 11.5 Å². The van der Waals surface area contributed by atoms with Crippen molar-refractivity contribution in [2.45, 2.75) is 31.5 Å². The summed E-state index contributed by atoms with van der Waals surface area (Å²) in [5, 5.41) is 22.1. The van der Waals surface area contributed by atoms with E-state index in [4.69, 9.17) is 16.3 Å². The molecule has 3 rings (SSSR count). The Bertz CT molecular complexity index is 1230. The number of benzene rings is 3. The Balaban J connectivity index is 1.98. The quantitative estimate of drug-likeness (QED) is 0.324. The van der Waals surface area contributed by atoms with Gasteiger partial charge in [0, 0.05) is 18.8 Å². The van der Waals surface area contributed by atoms with Crippen LogP contribution >= 0.6 is 11.6 Å². The van der Waals surface area contributed by atoms with Crippen LogP contribution in [-0.4, -0.2) is 16.6 Å². The number of rotatable bonds is 9. The van der Waals surface area contributed by atoms with E-state index in [0.29, 0.717) is 17.1 Å². The molecule has 0 radical (unpaired) electrons. The average molecular weight is 503 g/mol. The van der Waals surface area contributed by atoms with E-state index in [1.165, 1.54) is 0 Å². The topological polar surface area (TPSA) is 82.3 Å². The first-order valence-corrected chi connectivity index (χ1v) is 11.0. The van der Waals surface area contributed by atoms with Crippen molar-refractivity contribution in [1.82, 2.24) is 0 Å². The fourth-order valence-corrected chi connectivity index (χ4v) is 3.92. The van der Waals surface area contributed by atoms with Gasteiger partial charge >= 0.3 is 12.1 Å². The predicted molar refractivity (Wildman–Crippen MR) is 126 cm³/mol. The van der Waals surface area contributed by atoms with Gasteiger partial charge in [-0.1, -0.05) is 48.9 Å². The normalized spacial score (nSPS) is 13.8. The van der Waals surface area contributed by atoms with Gasteiger partial charge in [0.1, 0.15) is 17.0 Å². The molecule has 35 heavy (non-hydrogen) atoms. The maximum absolute atomic E-state index is 13.1. The van der Waals surface area contributed by atoms with Crippen LogP contribution < -0.4 is 10.1 Å². The van der Waals surface area contributed by atoms with Crippen molar-refractivity contribution in [2.75, 3.05) is 5.32 Å². The highest BCUT2D eigenvalue weighted by Gasteiger charge is 2.44. The highest BCUT2D eigenvalue weighted by molar-refractivity contribution is 6.33. The molecular weight excluding hydrogens is 481 g/mol. The summed E-state index contributed by atoms with van der Waals surface area (Å²) in [5.41, 5.74) is -2.10. The second-order valence-corrected chi connectivity index (χ2v) is 8.50. The van der Waals surface area contributed by atoms with Crippen LogP contribution in [-0.2, 0) is 17.4 Å². The predicted octanol–water partition coefficient (Wildman–Crippen LogP) is 7.18. The number of carbonyl (C=O) groups is 1. The smallest absolute Gasteiger partial charge is 0.416 e. The molecule has 0 bridgehead atoms. The minimum atomic E-state index is -4.60. The molecule has 0 saturated heterocycles. The molecule has 2 unspecified atom stereocenters. The first-order chi connectivity index (χ1) is 16.5. The molecule has 0 aliphatic carbocycles. The van der Waals surface area contributed by atoms with Gasteiger partial charge in [-0.15, -0.1) is 0 Å². The summed E-state index contributed by atoms with van der Waals surface area (Å²) in [6.07, 6.45) is -4.80. The first-order valence-electron chi connectivity index (χ1n) is 10.6. The monoisotopic (exact) mass is 502 g/mol. The molecule has 182 valence electrons. The molecule has 0 aliphatic heterocycles. The lowest BCUT2D eigenvalue weighted by Gasteiger charge is -2.36. The molecule has 2 N–H and O–H groups in total. The third-order valence-electron chi connectivity index (χ3n) is 5.63. The number of carboxylic acids is 1. The fraction of sp³-hybridized carbons (Fsp3) is 0.231. The van der Waals surface area contributed by atoms with Gasteiger partial charge in [-0.25, -0.2) is 4.79 Å².